The van der Waals surface area contributed by atoms with Gasteiger partial charge in [-0.15, -0.1) is 0 Å². The molecule has 1 aromatic heterocycles. The highest BCUT2D eigenvalue weighted by atomic mass is 14.7. The lowest BCUT2D eigenvalue weighted by atomic mass is 9.90. The first-order valence-electron chi connectivity index (χ1n) is 11.0. The number of rotatable bonds is 2. The van der Waals surface area contributed by atoms with Gasteiger partial charge in [-0.3, -0.25) is 4.98 Å². The first-order chi connectivity index (χ1) is 15.8. The maximum absolute atomic E-state index is 4.84. The van der Waals surface area contributed by atoms with Crippen molar-refractivity contribution in [2.24, 2.45) is 0 Å². The van der Waals surface area contributed by atoms with Crippen molar-refractivity contribution in [1.82, 2.24) is 4.98 Å². The van der Waals surface area contributed by atoms with Gasteiger partial charge in [0.1, 0.15) is 0 Å². The largest absolute Gasteiger partial charge is 0.256 e. The summed E-state index contributed by atoms with van der Waals surface area (Å²) in [6, 6.07) is 39.3. The summed E-state index contributed by atoms with van der Waals surface area (Å²) in [5.41, 5.74) is 4.52. The molecule has 1 heteroatoms. The minimum atomic E-state index is 0.997. The normalized spacial score (nSPS) is 11.8. The molecular weight excluding hydrogens is 386 g/mol. The van der Waals surface area contributed by atoms with E-state index in [1.165, 1.54) is 48.7 Å². The molecule has 0 saturated carbocycles. The second kappa shape index (κ2) is 6.63. The Bertz CT molecular complexity index is 1740. The van der Waals surface area contributed by atoms with E-state index in [0.29, 0.717) is 0 Å². The van der Waals surface area contributed by atoms with E-state index >= 15 is 0 Å². The van der Waals surface area contributed by atoms with E-state index < -0.39 is 0 Å². The van der Waals surface area contributed by atoms with Gasteiger partial charge in [0, 0.05) is 17.3 Å². The first-order valence-corrected chi connectivity index (χ1v) is 11.0. The lowest BCUT2D eigenvalue weighted by molar-refractivity contribution is 1.33. The molecule has 0 unspecified atom stereocenters. The molecule has 148 valence electrons. The third-order valence-electron chi connectivity index (χ3n) is 6.65. The summed E-state index contributed by atoms with van der Waals surface area (Å²) in [5, 5.41) is 10.3. The zero-order chi connectivity index (χ0) is 21.1. The Morgan fingerprint density at radius 1 is 0.438 bits per heavy atom. The van der Waals surface area contributed by atoms with Crippen LogP contribution in [0.25, 0.3) is 65.5 Å². The summed E-state index contributed by atoms with van der Waals surface area (Å²) >= 11 is 0. The van der Waals surface area contributed by atoms with Crippen LogP contribution in [-0.2, 0) is 0 Å². The first kappa shape index (κ1) is 17.5. The molecule has 0 aliphatic carbocycles. The third kappa shape index (κ3) is 2.55. The Balaban J connectivity index is 1.38. The summed E-state index contributed by atoms with van der Waals surface area (Å²) in [5.74, 6) is 0. The average Bonchev–Trinajstić information content (AvgIpc) is 2.87. The fourth-order valence-corrected chi connectivity index (χ4v) is 5.06. The minimum Gasteiger partial charge on any atom is -0.256 e. The summed E-state index contributed by atoms with van der Waals surface area (Å²) in [7, 11) is 0. The lowest BCUT2D eigenvalue weighted by Crippen LogP contribution is -1.89. The summed E-state index contributed by atoms with van der Waals surface area (Å²) in [6.45, 7) is 0. The van der Waals surface area contributed by atoms with Crippen LogP contribution < -0.4 is 0 Å². The molecule has 0 bridgehead atoms. The number of hydrogen-bond donors (Lipinski definition) is 0. The molecule has 0 atom stereocenters. The Hall–Kier alpha value is -4.23. The molecule has 6 aromatic carbocycles. The van der Waals surface area contributed by atoms with Crippen LogP contribution in [0.2, 0.25) is 0 Å². The lowest BCUT2D eigenvalue weighted by Gasteiger charge is -2.14. The zero-order valence-electron chi connectivity index (χ0n) is 17.4. The Morgan fingerprint density at radius 3 is 1.91 bits per heavy atom. The molecular formula is C31H19N. The smallest absolute Gasteiger partial charge is 0.0702 e. The van der Waals surface area contributed by atoms with Crippen molar-refractivity contribution >= 4 is 43.1 Å². The van der Waals surface area contributed by atoms with Crippen LogP contribution in [0, 0.1) is 0 Å². The van der Waals surface area contributed by atoms with Crippen LogP contribution in [0.1, 0.15) is 0 Å². The number of nitrogens with zero attached hydrogens (tertiary/aromatic N) is 1. The predicted molar refractivity (Wildman–Crippen MR) is 136 cm³/mol. The highest BCUT2D eigenvalue weighted by Crippen LogP contribution is 2.39. The van der Waals surface area contributed by atoms with Gasteiger partial charge < -0.3 is 0 Å². The van der Waals surface area contributed by atoms with Gasteiger partial charge >= 0.3 is 0 Å². The van der Waals surface area contributed by atoms with Gasteiger partial charge in [-0.25, -0.2) is 0 Å². The standard InChI is InChI=1S/C31H19N/c1-2-5-24-18-25(11-8-20(24)4-1)29-17-14-26(19-32-29)27-15-12-23-10-9-21-6-3-7-22-13-16-28(27)31(23)30(21)22/h1-19H. The van der Waals surface area contributed by atoms with Crippen molar-refractivity contribution in [3.63, 3.8) is 0 Å². The number of hydrogen-bond acceptors (Lipinski definition) is 1. The van der Waals surface area contributed by atoms with Crippen molar-refractivity contribution < 1.29 is 0 Å². The van der Waals surface area contributed by atoms with Crippen molar-refractivity contribution in [2.45, 2.75) is 0 Å². The summed E-state index contributed by atoms with van der Waals surface area (Å²) < 4.78 is 0. The molecule has 7 rings (SSSR count). The topological polar surface area (TPSA) is 12.9 Å². The zero-order valence-corrected chi connectivity index (χ0v) is 17.4. The van der Waals surface area contributed by atoms with Crippen LogP contribution in [-0.4, -0.2) is 4.98 Å². The average molecular weight is 406 g/mol. The third-order valence-corrected chi connectivity index (χ3v) is 6.65. The van der Waals surface area contributed by atoms with Crippen molar-refractivity contribution in [3.05, 3.63) is 115 Å². The van der Waals surface area contributed by atoms with Crippen LogP contribution in [0.15, 0.2) is 115 Å². The Morgan fingerprint density at radius 2 is 1.09 bits per heavy atom. The fraction of sp³-hybridized carbons (Fsp3) is 0. The maximum Gasteiger partial charge on any atom is 0.0702 e. The van der Waals surface area contributed by atoms with Gasteiger partial charge in [0.2, 0.25) is 0 Å². The van der Waals surface area contributed by atoms with Gasteiger partial charge in [0.05, 0.1) is 5.69 Å². The molecule has 0 N–H and O–H groups in total. The molecule has 0 fully saturated rings. The van der Waals surface area contributed by atoms with Gasteiger partial charge in [0.25, 0.3) is 0 Å². The van der Waals surface area contributed by atoms with E-state index in [2.05, 4.69) is 109 Å². The molecule has 32 heavy (non-hydrogen) atoms. The van der Waals surface area contributed by atoms with E-state index in [0.717, 1.165) is 16.8 Å². The van der Waals surface area contributed by atoms with Gasteiger partial charge in [-0.2, -0.15) is 0 Å². The highest BCUT2D eigenvalue weighted by molar-refractivity contribution is 6.25. The summed E-state index contributed by atoms with van der Waals surface area (Å²) in [6.07, 6.45) is 2.01. The van der Waals surface area contributed by atoms with Crippen molar-refractivity contribution in [1.29, 1.82) is 0 Å². The molecule has 0 aliphatic heterocycles. The van der Waals surface area contributed by atoms with Crippen LogP contribution in [0.4, 0.5) is 0 Å². The molecule has 0 aliphatic rings. The Labute approximate surface area is 185 Å². The van der Waals surface area contributed by atoms with E-state index in [1.807, 2.05) is 6.20 Å². The van der Waals surface area contributed by atoms with Crippen LogP contribution in [0.3, 0.4) is 0 Å². The number of benzene rings is 6. The highest BCUT2D eigenvalue weighted by Gasteiger charge is 2.12. The van der Waals surface area contributed by atoms with E-state index in [-0.39, 0.29) is 0 Å². The van der Waals surface area contributed by atoms with Crippen LogP contribution >= 0.6 is 0 Å². The molecule has 0 radical (unpaired) electrons. The van der Waals surface area contributed by atoms with Crippen molar-refractivity contribution in [2.75, 3.05) is 0 Å². The molecule has 0 amide bonds. The number of aromatic nitrogens is 1. The molecule has 1 heterocycles. The van der Waals surface area contributed by atoms with E-state index in [4.69, 9.17) is 4.98 Å². The van der Waals surface area contributed by atoms with Gasteiger partial charge in [0.15, 0.2) is 0 Å². The maximum atomic E-state index is 4.84. The molecule has 0 saturated heterocycles. The predicted octanol–water partition coefficient (Wildman–Crippen LogP) is 8.47. The monoisotopic (exact) mass is 405 g/mol. The van der Waals surface area contributed by atoms with Crippen molar-refractivity contribution in [3.8, 4) is 22.4 Å². The molecule has 7 aromatic rings. The second-order valence-corrected chi connectivity index (χ2v) is 8.46. The minimum absolute atomic E-state index is 0.997. The van der Waals surface area contributed by atoms with Gasteiger partial charge in [-0.1, -0.05) is 97.1 Å². The van der Waals surface area contributed by atoms with Gasteiger partial charge in [-0.05, 0) is 60.8 Å². The van der Waals surface area contributed by atoms with Crippen LogP contribution in [0.5, 0.6) is 0 Å². The SMILES string of the molecule is c1ccc2cc(-c3ccc(-c4ccc5ccc6cccc7ccc4c5c67)cn3)ccc2c1. The number of fused-ring (bicyclic) bond motifs is 1. The van der Waals surface area contributed by atoms with E-state index in [1.54, 1.807) is 0 Å². The van der Waals surface area contributed by atoms with E-state index in [9.17, 15) is 0 Å². The molecule has 0 spiro atoms. The second-order valence-electron chi connectivity index (χ2n) is 8.46. The number of pyridine rings is 1. The fourth-order valence-electron chi connectivity index (χ4n) is 5.06. The summed E-state index contributed by atoms with van der Waals surface area (Å²) in [4.78, 5) is 4.84. The Kier molecular flexibility index (Phi) is 3.62. The quantitative estimate of drug-likeness (QED) is 0.263. The molecule has 1 nitrogen and oxygen atoms in total.